The lowest BCUT2D eigenvalue weighted by molar-refractivity contribution is -0.392. The van der Waals surface area contributed by atoms with E-state index in [9.17, 15) is 20.0 Å². The first-order chi connectivity index (χ1) is 11.9. The maximum Gasteiger partial charge on any atom is 0.343 e. The number of amides is 1. The third kappa shape index (κ3) is 4.53. The summed E-state index contributed by atoms with van der Waals surface area (Å²) in [7, 11) is 0. The van der Waals surface area contributed by atoms with E-state index in [2.05, 4.69) is 15.5 Å². The average Bonchev–Trinajstić information content (AvgIpc) is 2.92. The molecule has 0 fully saturated rings. The van der Waals surface area contributed by atoms with E-state index in [1.165, 1.54) is 16.8 Å². The van der Waals surface area contributed by atoms with Gasteiger partial charge in [-0.05, 0) is 35.6 Å². The number of aromatic hydroxyl groups is 1. The van der Waals surface area contributed by atoms with Crippen molar-refractivity contribution >= 4 is 17.9 Å². The number of nitro groups is 1. The number of nitrogens with zero attached hydrogens (tertiary/aromatic N) is 4. The molecule has 0 radical (unpaired) electrons. The highest BCUT2D eigenvalue weighted by molar-refractivity contribution is 5.83. The Bertz CT molecular complexity index is 815. The third-order valence-corrected chi connectivity index (χ3v) is 3.21. The van der Waals surface area contributed by atoms with Crippen LogP contribution in [0.5, 0.6) is 11.5 Å². The molecule has 0 aliphatic carbocycles. The second kappa shape index (κ2) is 7.90. The third-order valence-electron chi connectivity index (χ3n) is 3.21. The van der Waals surface area contributed by atoms with Gasteiger partial charge in [-0.15, -0.1) is 0 Å². The van der Waals surface area contributed by atoms with Gasteiger partial charge in [0.1, 0.15) is 6.20 Å². The van der Waals surface area contributed by atoms with Gasteiger partial charge in [-0.25, -0.2) is 15.0 Å². The van der Waals surface area contributed by atoms with Crippen molar-refractivity contribution < 1.29 is 19.6 Å². The van der Waals surface area contributed by atoms with Gasteiger partial charge in [0.15, 0.2) is 23.9 Å². The Kier molecular flexibility index (Phi) is 5.66. The first kappa shape index (κ1) is 17.9. The summed E-state index contributed by atoms with van der Waals surface area (Å²) >= 11 is 0. The van der Waals surface area contributed by atoms with Crippen LogP contribution in [0.15, 0.2) is 29.5 Å². The van der Waals surface area contributed by atoms with E-state index < -0.39 is 10.8 Å². The molecule has 1 aromatic heterocycles. The van der Waals surface area contributed by atoms with Crippen molar-refractivity contribution in [3.63, 3.8) is 0 Å². The molecule has 0 aliphatic rings. The largest absolute Gasteiger partial charge is 0.504 e. The smallest absolute Gasteiger partial charge is 0.343 e. The zero-order chi connectivity index (χ0) is 18.4. The molecule has 0 atom stereocenters. The van der Waals surface area contributed by atoms with E-state index in [-0.39, 0.29) is 18.1 Å². The average molecular weight is 347 g/mol. The van der Waals surface area contributed by atoms with Gasteiger partial charge >= 0.3 is 5.82 Å². The molecule has 25 heavy (non-hydrogen) atoms. The van der Waals surface area contributed by atoms with E-state index in [0.717, 1.165) is 6.20 Å². The fraction of sp³-hybridized carbons (Fsp3) is 0.267. The standard InChI is InChI=1S/C15H17N5O5/c1-3-25-13-6-11(4-5-12(13)21)7-17-18-14(22)9-19-10(2)16-8-15(19)20(23)24/h4-8,21H,3,9H2,1-2H3,(H,18,22). The van der Waals surface area contributed by atoms with E-state index in [0.29, 0.717) is 23.7 Å². The molecule has 0 spiro atoms. The summed E-state index contributed by atoms with van der Waals surface area (Å²) in [6.45, 7) is 3.47. The monoisotopic (exact) mass is 347 g/mol. The summed E-state index contributed by atoms with van der Waals surface area (Å²) in [6, 6.07) is 4.62. The van der Waals surface area contributed by atoms with Crippen LogP contribution in [0.1, 0.15) is 18.3 Å². The van der Waals surface area contributed by atoms with Crippen LogP contribution >= 0.6 is 0 Å². The van der Waals surface area contributed by atoms with E-state index in [4.69, 9.17) is 4.74 Å². The molecular weight excluding hydrogens is 330 g/mol. The number of hydrogen-bond acceptors (Lipinski definition) is 7. The number of imidazole rings is 1. The van der Waals surface area contributed by atoms with E-state index in [1.807, 2.05) is 0 Å². The van der Waals surface area contributed by atoms with Crippen LogP contribution in [0.25, 0.3) is 0 Å². The molecule has 0 aliphatic heterocycles. The topological polar surface area (TPSA) is 132 Å². The van der Waals surface area contributed by atoms with Crippen molar-refractivity contribution in [2.75, 3.05) is 6.61 Å². The minimum absolute atomic E-state index is 0.00549. The first-order valence-corrected chi connectivity index (χ1v) is 7.36. The molecule has 0 unspecified atom stereocenters. The summed E-state index contributed by atoms with van der Waals surface area (Å²) in [4.78, 5) is 26.0. The minimum atomic E-state index is -0.609. The van der Waals surface area contributed by atoms with Crippen LogP contribution < -0.4 is 10.2 Å². The number of nitrogens with one attached hydrogen (secondary N) is 1. The summed E-state index contributed by atoms with van der Waals surface area (Å²) in [6.07, 6.45) is 2.46. The van der Waals surface area contributed by atoms with Crippen LogP contribution in [0.3, 0.4) is 0 Å². The second-order valence-corrected chi connectivity index (χ2v) is 4.96. The molecule has 2 rings (SSSR count). The molecular formula is C15H17N5O5. The van der Waals surface area contributed by atoms with Gasteiger partial charge in [-0.1, -0.05) is 0 Å². The lowest BCUT2D eigenvalue weighted by atomic mass is 10.2. The van der Waals surface area contributed by atoms with Crippen molar-refractivity contribution in [2.24, 2.45) is 5.10 Å². The quantitative estimate of drug-likeness (QED) is 0.441. The number of carbonyl (C=O) groups excluding carboxylic acids is 1. The SMILES string of the molecule is CCOc1cc(C=NNC(=O)Cn2c([N+](=O)[O-])cnc2C)ccc1O. The number of phenolic OH excluding ortho intramolecular Hbond substituents is 1. The van der Waals surface area contributed by atoms with Gasteiger partial charge < -0.3 is 20.0 Å². The van der Waals surface area contributed by atoms with Crippen LogP contribution in [0.2, 0.25) is 0 Å². The van der Waals surface area contributed by atoms with Crippen LogP contribution in [-0.4, -0.2) is 38.3 Å². The zero-order valence-electron chi connectivity index (χ0n) is 13.7. The van der Waals surface area contributed by atoms with Gasteiger partial charge in [-0.2, -0.15) is 5.10 Å². The molecule has 132 valence electrons. The molecule has 10 nitrogen and oxygen atoms in total. The number of benzene rings is 1. The number of hydrogen-bond donors (Lipinski definition) is 2. The predicted octanol–water partition coefficient (Wildman–Crippen LogP) is 1.35. The summed E-state index contributed by atoms with van der Waals surface area (Å²) in [5.41, 5.74) is 2.89. The normalized spacial score (nSPS) is 10.8. The summed E-state index contributed by atoms with van der Waals surface area (Å²) < 4.78 is 6.43. The molecule has 1 aromatic carbocycles. The summed E-state index contributed by atoms with van der Waals surface area (Å²) in [5, 5.41) is 24.3. The van der Waals surface area contributed by atoms with E-state index >= 15 is 0 Å². The fourth-order valence-corrected chi connectivity index (χ4v) is 2.04. The van der Waals surface area contributed by atoms with Crippen LogP contribution in [0, 0.1) is 17.0 Å². The van der Waals surface area contributed by atoms with Gasteiger partial charge in [0.05, 0.1) is 12.8 Å². The highest BCUT2D eigenvalue weighted by atomic mass is 16.6. The number of phenols is 1. The Morgan fingerprint density at radius 3 is 3.00 bits per heavy atom. The Balaban J connectivity index is 2.01. The zero-order valence-corrected chi connectivity index (χ0v) is 13.7. The van der Waals surface area contributed by atoms with Gasteiger partial charge in [-0.3, -0.25) is 4.79 Å². The minimum Gasteiger partial charge on any atom is -0.504 e. The highest BCUT2D eigenvalue weighted by Crippen LogP contribution is 2.26. The van der Waals surface area contributed by atoms with E-state index in [1.54, 1.807) is 26.0 Å². The number of aromatic nitrogens is 2. The molecule has 0 bridgehead atoms. The maximum atomic E-state index is 11.9. The number of rotatable bonds is 7. The first-order valence-electron chi connectivity index (χ1n) is 7.36. The molecule has 1 heterocycles. The molecule has 1 amide bonds. The van der Waals surface area contributed by atoms with Crippen LogP contribution in [-0.2, 0) is 11.3 Å². The molecule has 2 N–H and O–H groups in total. The second-order valence-electron chi connectivity index (χ2n) is 4.96. The number of ether oxygens (including phenoxy) is 1. The van der Waals surface area contributed by atoms with Crippen molar-refractivity contribution in [3.05, 3.63) is 45.9 Å². The number of aryl methyl sites for hydroxylation is 1. The summed E-state index contributed by atoms with van der Waals surface area (Å²) in [5.74, 6) is -0.139. The number of carbonyl (C=O) groups is 1. The van der Waals surface area contributed by atoms with Crippen molar-refractivity contribution in [2.45, 2.75) is 20.4 Å². The Hall–Kier alpha value is -3.43. The Labute approximate surface area is 142 Å². The van der Waals surface area contributed by atoms with Gasteiger partial charge in [0.25, 0.3) is 5.91 Å². The molecule has 2 aromatic rings. The maximum absolute atomic E-state index is 11.9. The number of hydrazone groups is 1. The van der Waals surface area contributed by atoms with Crippen LogP contribution in [0.4, 0.5) is 5.82 Å². The van der Waals surface area contributed by atoms with Crippen molar-refractivity contribution in [1.29, 1.82) is 0 Å². The molecule has 0 saturated carbocycles. The Morgan fingerprint density at radius 2 is 2.32 bits per heavy atom. The lowest BCUT2D eigenvalue weighted by Gasteiger charge is -2.06. The fourth-order valence-electron chi connectivity index (χ4n) is 2.04. The predicted molar refractivity (Wildman–Crippen MR) is 88.6 cm³/mol. The lowest BCUT2D eigenvalue weighted by Crippen LogP contribution is -2.24. The highest BCUT2D eigenvalue weighted by Gasteiger charge is 2.19. The molecule has 10 heteroatoms. The van der Waals surface area contributed by atoms with Crippen molar-refractivity contribution in [3.8, 4) is 11.5 Å². The van der Waals surface area contributed by atoms with Gasteiger partial charge in [0.2, 0.25) is 0 Å². The molecule has 0 saturated heterocycles. The Morgan fingerprint density at radius 1 is 1.56 bits per heavy atom. The van der Waals surface area contributed by atoms with Crippen molar-refractivity contribution in [1.82, 2.24) is 15.0 Å². The van der Waals surface area contributed by atoms with Gasteiger partial charge in [0, 0.05) is 6.92 Å².